The minimum absolute atomic E-state index is 0.269. The molecule has 0 radical (unpaired) electrons. The first-order chi connectivity index (χ1) is 7.81. The molecule has 0 atom stereocenters. The summed E-state index contributed by atoms with van der Waals surface area (Å²) in [4.78, 5) is 3.52. The molecule has 17 heavy (non-hydrogen) atoms. The molecule has 3 nitrogen and oxygen atoms in total. The van der Waals surface area contributed by atoms with Crippen molar-refractivity contribution in [2.24, 2.45) is 0 Å². The van der Waals surface area contributed by atoms with Crippen molar-refractivity contribution in [2.45, 2.75) is 35.2 Å². The van der Waals surface area contributed by atoms with E-state index >= 15 is 0 Å². The quantitative estimate of drug-likeness (QED) is 0.824. The Hall–Kier alpha value is -1.11. The standard InChI is InChI=1S/C10H10F3NO2S/c11-10(12,13)9(5-3-6-9)17(15,16)8-4-1-2-7-14-8/h1-2,4,7H,3,5-6H2. The molecule has 0 unspecified atom stereocenters. The Morgan fingerprint density at radius 3 is 2.24 bits per heavy atom. The lowest BCUT2D eigenvalue weighted by molar-refractivity contribution is -0.179. The second-order valence-corrected chi connectivity index (χ2v) is 6.22. The van der Waals surface area contributed by atoms with Gasteiger partial charge in [0.15, 0.2) is 9.77 Å². The molecule has 0 aromatic carbocycles. The van der Waals surface area contributed by atoms with E-state index in [1.54, 1.807) is 0 Å². The summed E-state index contributed by atoms with van der Waals surface area (Å²) in [6.07, 6.45) is -4.06. The summed E-state index contributed by atoms with van der Waals surface area (Å²) in [5, 5.41) is -0.503. The molecular formula is C10H10F3NO2S. The third-order valence-electron chi connectivity index (χ3n) is 3.11. The van der Waals surface area contributed by atoms with Gasteiger partial charge >= 0.3 is 6.18 Å². The Bertz CT molecular complexity index is 506. The van der Waals surface area contributed by atoms with Crippen LogP contribution in [0.3, 0.4) is 0 Å². The van der Waals surface area contributed by atoms with Crippen molar-refractivity contribution in [1.29, 1.82) is 0 Å². The van der Waals surface area contributed by atoms with Crippen LogP contribution in [0.4, 0.5) is 13.2 Å². The first-order valence-corrected chi connectivity index (χ1v) is 6.52. The van der Waals surface area contributed by atoms with Gasteiger partial charge in [0.1, 0.15) is 0 Å². The number of alkyl halides is 3. The van der Waals surface area contributed by atoms with Crippen LogP contribution in [0.1, 0.15) is 19.3 Å². The summed E-state index contributed by atoms with van der Waals surface area (Å²) in [7, 11) is -4.46. The molecule has 1 heterocycles. The van der Waals surface area contributed by atoms with E-state index < -0.39 is 25.8 Å². The zero-order valence-corrected chi connectivity index (χ0v) is 9.55. The third-order valence-corrected chi connectivity index (χ3v) is 5.57. The van der Waals surface area contributed by atoms with Crippen LogP contribution in [-0.2, 0) is 9.84 Å². The van der Waals surface area contributed by atoms with Crippen molar-refractivity contribution >= 4 is 9.84 Å². The summed E-state index contributed by atoms with van der Waals surface area (Å²) >= 11 is 0. The van der Waals surface area contributed by atoms with Gasteiger partial charge in [-0.25, -0.2) is 13.4 Å². The first-order valence-electron chi connectivity index (χ1n) is 5.04. The molecule has 0 spiro atoms. The molecule has 94 valence electrons. The number of aromatic nitrogens is 1. The Morgan fingerprint density at radius 2 is 1.88 bits per heavy atom. The van der Waals surface area contributed by atoms with E-state index in [9.17, 15) is 21.6 Å². The third kappa shape index (κ3) is 1.64. The number of nitrogens with zero attached hydrogens (tertiary/aromatic N) is 1. The van der Waals surface area contributed by atoms with Crippen molar-refractivity contribution in [3.63, 3.8) is 0 Å². The van der Waals surface area contributed by atoms with Gasteiger partial charge in [0.05, 0.1) is 0 Å². The Morgan fingerprint density at radius 1 is 1.24 bits per heavy atom. The first kappa shape index (κ1) is 12.3. The van der Waals surface area contributed by atoms with Crippen LogP contribution in [0, 0.1) is 0 Å². The number of pyridine rings is 1. The maximum absolute atomic E-state index is 12.9. The van der Waals surface area contributed by atoms with Crippen LogP contribution >= 0.6 is 0 Å². The second-order valence-electron chi connectivity index (χ2n) is 4.02. The molecule has 1 aliphatic carbocycles. The van der Waals surface area contributed by atoms with Crippen molar-refractivity contribution in [3.05, 3.63) is 24.4 Å². The van der Waals surface area contributed by atoms with Crippen LogP contribution in [-0.4, -0.2) is 24.3 Å². The monoisotopic (exact) mass is 265 g/mol. The van der Waals surface area contributed by atoms with Gasteiger partial charge in [0, 0.05) is 6.20 Å². The lowest BCUT2D eigenvalue weighted by Crippen LogP contribution is -2.56. The van der Waals surface area contributed by atoms with E-state index in [1.807, 2.05) is 0 Å². The van der Waals surface area contributed by atoms with E-state index in [2.05, 4.69) is 4.98 Å². The Balaban J connectivity index is 2.53. The minimum Gasteiger partial charge on any atom is -0.245 e. The average molecular weight is 265 g/mol. The highest BCUT2D eigenvalue weighted by Crippen LogP contribution is 2.52. The Labute approximate surface area is 96.6 Å². The number of rotatable bonds is 2. The molecule has 1 aromatic heterocycles. The zero-order chi connectivity index (χ0) is 12.7. The zero-order valence-electron chi connectivity index (χ0n) is 8.74. The predicted molar refractivity (Wildman–Crippen MR) is 54.1 cm³/mol. The second kappa shape index (κ2) is 3.69. The van der Waals surface area contributed by atoms with Crippen LogP contribution in [0.25, 0.3) is 0 Å². The molecule has 0 saturated heterocycles. The summed E-state index contributed by atoms with van der Waals surface area (Å²) in [6.45, 7) is 0. The lowest BCUT2D eigenvalue weighted by Gasteiger charge is -2.41. The van der Waals surface area contributed by atoms with Gasteiger partial charge < -0.3 is 0 Å². The fraction of sp³-hybridized carbons (Fsp3) is 0.500. The molecular weight excluding hydrogens is 255 g/mol. The predicted octanol–water partition coefficient (Wildman–Crippen LogP) is 2.34. The van der Waals surface area contributed by atoms with Gasteiger partial charge in [-0.1, -0.05) is 6.07 Å². The van der Waals surface area contributed by atoms with E-state index in [4.69, 9.17) is 0 Å². The fourth-order valence-electron chi connectivity index (χ4n) is 1.91. The summed E-state index contributed by atoms with van der Waals surface area (Å²) < 4.78 is 60.2. The maximum atomic E-state index is 12.9. The highest BCUT2D eigenvalue weighted by atomic mass is 32.2. The summed E-state index contributed by atoms with van der Waals surface area (Å²) in [6, 6.07) is 3.92. The maximum Gasteiger partial charge on any atom is 0.408 e. The number of halogens is 3. The van der Waals surface area contributed by atoms with Gasteiger partial charge in [-0.05, 0) is 31.4 Å². The highest BCUT2D eigenvalue weighted by Gasteiger charge is 2.67. The number of hydrogen-bond acceptors (Lipinski definition) is 3. The molecule has 0 aliphatic heterocycles. The summed E-state index contributed by atoms with van der Waals surface area (Å²) in [5.41, 5.74) is 0. The number of sulfone groups is 1. The van der Waals surface area contributed by atoms with Crippen LogP contribution in [0.5, 0.6) is 0 Å². The van der Waals surface area contributed by atoms with Crippen molar-refractivity contribution in [3.8, 4) is 0 Å². The highest BCUT2D eigenvalue weighted by molar-refractivity contribution is 7.92. The Kier molecular flexibility index (Phi) is 2.68. The van der Waals surface area contributed by atoms with Gasteiger partial charge in [-0.15, -0.1) is 0 Å². The van der Waals surface area contributed by atoms with E-state index in [0.717, 1.165) is 6.07 Å². The largest absolute Gasteiger partial charge is 0.408 e. The van der Waals surface area contributed by atoms with Crippen molar-refractivity contribution in [2.75, 3.05) is 0 Å². The van der Waals surface area contributed by atoms with Gasteiger partial charge in [-0.3, -0.25) is 0 Å². The van der Waals surface area contributed by atoms with Crippen molar-refractivity contribution in [1.82, 2.24) is 4.98 Å². The van der Waals surface area contributed by atoms with E-state index in [-0.39, 0.29) is 19.3 Å². The summed E-state index contributed by atoms with van der Waals surface area (Å²) in [5.74, 6) is 0. The average Bonchev–Trinajstić information content (AvgIpc) is 2.14. The molecule has 2 rings (SSSR count). The minimum atomic E-state index is -4.75. The molecule has 1 aliphatic rings. The molecule has 1 aromatic rings. The number of hydrogen-bond donors (Lipinski definition) is 0. The van der Waals surface area contributed by atoms with Crippen LogP contribution in [0.2, 0.25) is 0 Å². The topological polar surface area (TPSA) is 47.0 Å². The van der Waals surface area contributed by atoms with E-state index in [1.165, 1.54) is 18.3 Å². The van der Waals surface area contributed by atoms with Crippen molar-refractivity contribution < 1.29 is 21.6 Å². The SMILES string of the molecule is O=S(=O)(c1ccccn1)C1(C(F)(F)F)CCC1. The van der Waals surface area contributed by atoms with Gasteiger partial charge in [0.25, 0.3) is 0 Å². The van der Waals surface area contributed by atoms with Gasteiger partial charge in [0.2, 0.25) is 9.84 Å². The van der Waals surface area contributed by atoms with Gasteiger partial charge in [-0.2, -0.15) is 13.2 Å². The molecule has 0 bridgehead atoms. The molecule has 0 N–H and O–H groups in total. The normalized spacial score (nSPS) is 19.7. The van der Waals surface area contributed by atoms with Crippen LogP contribution in [0.15, 0.2) is 29.4 Å². The molecule has 0 amide bonds. The fourth-order valence-corrected chi connectivity index (χ4v) is 3.90. The van der Waals surface area contributed by atoms with E-state index in [0.29, 0.717) is 0 Å². The molecule has 1 fully saturated rings. The lowest BCUT2D eigenvalue weighted by atomic mass is 9.84. The molecule has 7 heteroatoms. The smallest absolute Gasteiger partial charge is 0.245 e. The van der Waals surface area contributed by atoms with Crippen LogP contribution < -0.4 is 0 Å². The molecule has 1 saturated carbocycles.